The van der Waals surface area contributed by atoms with Gasteiger partial charge in [0.2, 0.25) is 0 Å². The van der Waals surface area contributed by atoms with Gasteiger partial charge in [0, 0.05) is 41.1 Å². The Balaban J connectivity index is 1.82. The lowest BCUT2D eigenvalue weighted by Gasteiger charge is -2.10. The summed E-state index contributed by atoms with van der Waals surface area (Å²) in [4.78, 5) is 2.70. The van der Waals surface area contributed by atoms with Crippen molar-refractivity contribution in [3.8, 4) is 20.9 Å². The van der Waals surface area contributed by atoms with Crippen molar-refractivity contribution in [3.63, 3.8) is 0 Å². The highest BCUT2D eigenvalue weighted by Crippen LogP contribution is 2.45. The van der Waals surface area contributed by atoms with E-state index in [1.807, 2.05) is 45.3 Å². The van der Waals surface area contributed by atoms with Crippen LogP contribution < -0.4 is 0 Å². The Morgan fingerprint density at radius 1 is 0.462 bits per heavy atom. The van der Waals surface area contributed by atoms with Crippen LogP contribution in [0.3, 0.4) is 0 Å². The van der Waals surface area contributed by atoms with Crippen LogP contribution in [0.5, 0.6) is 0 Å². The number of rotatable bonds is 2. The fourth-order valence-electron chi connectivity index (χ4n) is 3.71. The fraction of sp³-hybridized carbons (Fsp3) is 0. The zero-order chi connectivity index (χ0) is 17.1. The van der Waals surface area contributed by atoms with Gasteiger partial charge in [-0.3, -0.25) is 0 Å². The van der Waals surface area contributed by atoms with E-state index >= 15 is 0 Å². The van der Waals surface area contributed by atoms with Gasteiger partial charge in [-0.2, -0.15) is 0 Å². The second kappa shape index (κ2) is 5.76. The highest BCUT2D eigenvalue weighted by Gasteiger charge is 2.16. The Morgan fingerprint density at radius 2 is 0.962 bits per heavy atom. The maximum Gasteiger partial charge on any atom is 0.0435 e. The molecule has 0 aliphatic rings. The molecule has 0 aliphatic heterocycles. The second-order valence-corrected chi connectivity index (χ2v) is 9.95. The largest absolute Gasteiger partial charge is 0.144 e. The number of fused-ring (bicyclic) bond motifs is 5. The van der Waals surface area contributed by atoms with E-state index in [-0.39, 0.29) is 0 Å². The molecule has 0 saturated heterocycles. The molecule has 0 aliphatic carbocycles. The molecule has 4 aromatic heterocycles. The third-order valence-electron chi connectivity index (χ3n) is 4.84. The normalized spacial score (nSPS) is 11.8. The first-order valence-electron chi connectivity index (χ1n) is 8.32. The molecule has 6 aromatic rings. The van der Waals surface area contributed by atoms with Gasteiger partial charge in [-0.15, -0.1) is 45.3 Å². The molecular formula is C22H12S4. The quantitative estimate of drug-likeness (QED) is 0.271. The Kier molecular flexibility index (Phi) is 3.35. The van der Waals surface area contributed by atoms with Crippen molar-refractivity contribution in [2.24, 2.45) is 0 Å². The molecule has 0 N–H and O–H groups in total. The van der Waals surface area contributed by atoms with E-state index in [0.717, 1.165) is 0 Å². The van der Waals surface area contributed by atoms with E-state index in [9.17, 15) is 0 Å². The molecule has 0 saturated carbocycles. The first-order chi connectivity index (χ1) is 12.9. The molecule has 124 valence electrons. The number of hydrogen-bond donors (Lipinski definition) is 0. The predicted octanol–water partition coefficient (Wildman–Crippen LogP) is 8.73. The monoisotopic (exact) mass is 404 g/mol. The van der Waals surface area contributed by atoms with Crippen molar-refractivity contribution >= 4 is 76.3 Å². The average molecular weight is 405 g/mol. The molecule has 26 heavy (non-hydrogen) atoms. The van der Waals surface area contributed by atoms with Crippen LogP contribution >= 0.6 is 45.3 Å². The molecule has 2 aromatic carbocycles. The van der Waals surface area contributed by atoms with Gasteiger partial charge in [-0.25, -0.2) is 0 Å². The maximum absolute atomic E-state index is 2.41. The van der Waals surface area contributed by atoms with Gasteiger partial charge in [0.25, 0.3) is 0 Å². The molecule has 0 radical (unpaired) electrons. The Morgan fingerprint density at radius 3 is 1.38 bits per heavy atom. The number of thiophene rings is 4. The molecule has 4 heterocycles. The second-order valence-electron chi connectivity index (χ2n) is 6.22. The van der Waals surface area contributed by atoms with Gasteiger partial charge in [0.05, 0.1) is 0 Å². The predicted molar refractivity (Wildman–Crippen MR) is 121 cm³/mol. The molecular weight excluding hydrogens is 393 g/mol. The van der Waals surface area contributed by atoms with E-state index in [2.05, 4.69) is 70.1 Å². The Bertz CT molecular complexity index is 1250. The summed E-state index contributed by atoms with van der Waals surface area (Å²) in [6, 6.07) is 18.1. The lowest BCUT2D eigenvalue weighted by molar-refractivity contribution is 1.86. The highest BCUT2D eigenvalue weighted by molar-refractivity contribution is 7.20. The topological polar surface area (TPSA) is 0 Å². The van der Waals surface area contributed by atoms with Gasteiger partial charge >= 0.3 is 0 Å². The van der Waals surface area contributed by atoms with Crippen LogP contribution in [0.4, 0.5) is 0 Å². The van der Waals surface area contributed by atoms with Crippen LogP contribution in [-0.2, 0) is 0 Å². The summed E-state index contributed by atoms with van der Waals surface area (Å²) in [5.74, 6) is 0. The van der Waals surface area contributed by atoms with E-state index in [0.29, 0.717) is 0 Å². The van der Waals surface area contributed by atoms with Crippen LogP contribution in [0.2, 0.25) is 0 Å². The van der Waals surface area contributed by atoms with Crippen molar-refractivity contribution in [1.29, 1.82) is 0 Å². The van der Waals surface area contributed by atoms with Crippen molar-refractivity contribution in [3.05, 3.63) is 70.1 Å². The van der Waals surface area contributed by atoms with Gasteiger partial charge in [0.1, 0.15) is 0 Å². The maximum atomic E-state index is 2.41. The molecule has 0 spiro atoms. The Labute approximate surface area is 166 Å². The summed E-state index contributed by atoms with van der Waals surface area (Å²) in [6.07, 6.45) is 0. The zero-order valence-corrected chi connectivity index (χ0v) is 16.8. The van der Waals surface area contributed by atoms with Crippen LogP contribution in [-0.4, -0.2) is 0 Å². The molecule has 0 bridgehead atoms. The van der Waals surface area contributed by atoms with E-state index in [1.54, 1.807) is 0 Å². The van der Waals surface area contributed by atoms with E-state index < -0.39 is 0 Å². The molecule has 0 unspecified atom stereocenters. The van der Waals surface area contributed by atoms with Gasteiger partial charge in [-0.1, -0.05) is 12.1 Å². The summed E-state index contributed by atoms with van der Waals surface area (Å²) in [5, 5.41) is 14.3. The summed E-state index contributed by atoms with van der Waals surface area (Å²) >= 11 is 7.34. The molecule has 0 fully saturated rings. The molecule has 4 heteroatoms. The molecule has 0 amide bonds. The van der Waals surface area contributed by atoms with Crippen LogP contribution in [0.1, 0.15) is 0 Å². The summed E-state index contributed by atoms with van der Waals surface area (Å²) in [5.41, 5.74) is 2.74. The Hall–Kier alpha value is -1.98. The van der Waals surface area contributed by atoms with Gasteiger partial charge < -0.3 is 0 Å². The van der Waals surface area contributed by atoms with E-state index in [1.165, 1.54) is 51.8 Å². The summed E-state index contributed by atoms with van der Waals surface area (Å²) < 4.78 is 2.79. The molecule has 6 rings (SSSR count). The average Bonchev–Trinajstić information content (AvgIpc) is 3.48. The van der Waals surface area contributed by atoms with Crippen molar-refractivity contribution in [2.75, 3.05) is 0 Å². The minimum absolute atomic E-state index is 1.35. The third kappa shape index (κ3) is 2.10. The lowest BCUT2D eigenvalue weighted by atomic mass is 9.97. The van der Waals surface area contributed by atoms with Crippen LogP contribution in [0.15, 0.2) is 70.1 Å². The number of benzene rings is 2. The molecule has 0 atom stereocenters. The first-order valence-corrected chi connectivity index (χ1v) is 11.8. The minimum atomic E-state index is 1.35. The van der Waals surface area contributed by atoms with E-state index in [4.69, 9.17) is 0 Å². The van der Waals surface area contributed by atoms with Gasteiger partial charge in [0.15, 0.2) is 0 Å². The van der Waals surface area contributed by atoms with Crippen LogP contribution in [0, 0.1) is 0 Å². The zero-order valence-electron chi connectivity index (χ0n) is 13.6. The lowest BCUT2D eigenvalue weighted by Crippen LogP contribution is -1.82. The fourth-order valence-corrected chi connectivity index (χ4v) is 7.22. The van der Waals surface area contributed by atoms with Crippen LogP contribution in [0.25, 0.3) is 51.8 Å². The SMILES string of the molecule is c1csc(-c2cc3c4ccsc4c(-c4cccs4)cc3c3ccsc23)c1. The molecule has 0 nitrogen and oxygen atoms in total. The standard InChI is InChI=1S/C22H12S4/c1-3-19(23-7-1)17-11-15-14-6-10-26-22(14)18(20-4-2-8-24-20)12-16(15)13-5-9-25-21(13)17/h1-12H. The first kappa shape index (κ1) is 15.1. The summed E-state index contributed by atoms with van der Waals surface area (Å²) in [6.45, 7) is 0. The van der Waals surface area contributed by atoms with Gasteiger partial charge in [-0.05, 0) is 68.7 Å². The summed E-state index contributed by atoms with van der Waals surface area (Å²) in [7, 11) is 0. The third-order valence-corrected chi connectivity index (χ3v) is 8.54. The minimum Gasteiger partial charge on any atom is -0.144 e. The van der Waals surface area contributed by atoms with Crippen molar-refractivity contribution in [1.82, 2.24) is 0 Å². The number of hydrogen-bond acceptors (Lipinski definition) is 4. The highest BCUT2D eigenvalue weighted by atomic mass is 32.1. The smallest absolute Gasteiger partial charge is 0.0435 e. The van der Waals surface area contributed by atoms with Crippen molar-refractivity contribution < 1.29 is 0 Å². The van der Waals surface area contributed by atoms with Crippen molar-refractivity contribution in [2.45, 2.75) is 0 Å².